The van der Waals surface area contributed by atoms with E-state index in [1.807, 2.05) is 26.0 Å². The number of anilines is 2. The molecule has 1 amide bonds. The van der Waals surface area contributed by atoms with Crippen LogP contribution >= 0.6 is 0 Å². The highest BCUT2D eigenvalue weighted by Gasteiger charge is 2.08. The quantitative estimate of drug-likeness (QED) is 0.843. The summed E-state index contributed by atoms with van der Waals surface area (Å²) < 4.78 is 0. The van der Waals surface area contributed by atoms with Crippen LogP contribution < -0.4 is 11.1 Å². The minimum absolute atomic E-state index is 0.224. The van der Waals surface area contributed by atoms with Gasteiger partial charge in [-0.2, -0.15) is 0 Å². The van der Waals surface area contributed by atoms with Gasteiger partial charge in [0, 0.05) is 17.5 Å². The average Bonchev–Trinajstić information content (AvgIpc) is 2.32. The van der Waals surface area contributed by atoms with Gasteiger partial charge in [0.1, 0.15) is 5.82 Å². The summed E-state index contributed by atoms with van der Waals surface area (Å²) in [7, 11) is 0. The van der Waals surface area contributed by atoms with E-state index in [1.54, 1.807) is 6.07 Å². The Morgan fingerprint density at radius 3 is 2.72 bits per heavy atom. The van der Waals surface area contributed by atoms with Gasteiger partial charge in [-0.3, -0.25) is 9.78 Å². The van der Waals surface area contributed by atoms with E-state index in [0.29, 0.717) is 17.1 Å². The number of aromatic nitrogens is 2. The first-order chi connectivity index (χ1) is 8.56. The molecule has 0 aliphatic heterocycles. The molecule has 2 rings (SSSR count). The minimum Gasteiger partial charge on any atom is -0.384 e. The summed E-state index contributed by atoms with van der Waals surface area (Å²) in [6.45, 7) is 3.76. The van der Waals surface area contributed by atoms with Crippen molar-refractivity contribution in [3.63, 3.8) is 0 Å². The van der Waals surface area contributed by atoms with Gasteiger partial charge >= 0.3 is 0 Å². The van der Waals surface area contributed by atoms with Crippen LogP contribution in [-0.4, -0.2) is 15.9 Å². The Morgan fingerprint density at radius 1 is 1.28 bits per heavy atom. The van der Waals surface area contributed by atoms with E-state index in [9.17, 15) is 4.79 Å². The minimum atomic E-state index is -0.224. The Morgan fingerprint density at radius 2 is 2.06 bits per heavy atom. The molecule has 5 nitrogen and oxygen atoms in total. The molecular formula is C13H14N4O. The number of hydrogen-bond acceptors (Lipinski definition) is 4. The Labute approximate surface area is 105 Å². The third-order valence-electron chi connectivity index (χ3n) is 2.52. The van der Waals surface area contributed by atoms with Gasteiger partial charge in [-0.05, 0) is 38.1 Å². The number of carbonyl (C=O) groups excluding carboxylic acids is 1. The summed E-state index contributed by atoms with van der Waals surface area (Å²) >= 11 is 0. The van der Waals surface area contributed by atoms with Crippen molar-refractivity contribution in [1.29, 1.82) is 0 Å². The van der Waals surface area contributed by atoms with E-state index in [4.69, 9.17) is 5.73 Å². The highest BCUT2D eigenvalue weighted by atomic mass is 16.1. The lowest BCUT2D eigenvalue weighted by atomic mass is 10.2. The van der Waals surface area contributed by atoms with Crippen LogP contribution in [0.25, 0.3) is 0 Å². The van der Waals surface area contributed by atoms with E-state index in [2.05, 4.69) is 15.3 Å². The van der Waals surface area contributed by atoms with Gasteiger partial charge in [0.05, 0.1) is 11.4 Å². The second-order valence-corrected chi connectivity index (χ2v) is 4.01. The second kappa shape index (κ2) is 4.83. The Hall–Kier alpha value is -2.43. The molecule has 2 aromatic heterocycles. The molecule has 0 atom stereocenters. The number of nitrogens with zero attached hydrogens (tertiary/aromatic N) is 2. The van der Waals surface area contributed by atoms with Crippen molar-refractivity contribution in [1.82, 2.24) is 9.97 Å². The molecule has 92 valence electrons. The van der Waals surface area contributed by atoms with Gasteiger partial charge in [-0.1, -0.05) is 0 Å². The first-order valence-electron chi connectivity index (χ1n) is 5.53. The van der Waals surface area contributed by atoms with E-state index in [-0.39, 0.29) is 5.91 Å². The molecule has 0 aromatic carbocycles. The molecule has 0 unspecified atom stereocenters. The summed E-state index contributed by atoms with van der Waals surface area (Å²) in [6, 6.07) is 6.83. The standard InChI is InChI=1S/C13H14N4O/c1-8-3-4-11(9(2)16-8)17-13(18)10-5-6-15-12(14)7-10/h3-7H,1-2H3,(H2,14,15)(H,17,18). The van der Waals surface area contributed by atoms with Crippen molar-refractivity contribution >= 4 is 17.4 Å². The van der Waals surface area contributed by atoms with Gasteiger partial charge in [0.25, 0.3) is 5.91 Å². The van der Waals surface area contributed by atoms with Crippen molar-refractivity contribution < 1.29 is 4.79 Å². The Balaban J connectivity index is 2.21. The molecule has 2 heterocycles. The zero-order chi connectivity index (χ0) is 13.1. The number of aryl methyl sites for hydroxylation is 2. The van der Waals surface area contributed by atoms with E-state index >= 15 is 0 Å². The van der Waals surface area contributed by atoms with Crippen molar-refractivity contribution in [2.24, 2.45) is 0 Å². The van der Waals surface area contributed by atoms with Gasteiger partial charge in [-0.15, -0.1) is 0 Å². The summed E-state index contributed by atoms with van der Waals surface area (Å²) in [5, 5.41) is 2.80. The summed E-state index contributed by atoms with van der Waals surface area (Å²) in [4.78, 5) is 20.1. The molecule has 18 heavy (non-hydrogen) atoms. The lowest BCUT2D eigenvalue weighted by molar-refractivity contribution is 0.102. The van der Waals surface area contributed by atoms with Crippen LogP contribution in [0.4, 0.5) is 11.5 Å². The van der Waals surface area contributed by atoms with Crippen molar-refractivity contribution in [2.45, 2.75) is 13.8 Å². The zero-order valence-corrected chi connectivity index (χ0v) is 10.3. The lowest BCUT2D eigenvalue weighted by Crippen LogP contribution is -2.13. The molecule has 0 aliphatic carbocycles. The highest BCUT2D eigenvalue weighted by molar-refractivity contribution is 6.04. The lowest BCUT2D eigenvalue weighted by Gasteiger charge is -2.08. The fraction of sp³-hybridized carbons (Fsp3) is 0.154. The topological polar surface area (TPSA) is 80.9 Å². The number of rotatable bonds is 2. The Kier molecular flexibility index (Phi) is 3.23. The SMILES string of the molecule is Cc1ccc(NC(=O)c2ccnc(N)c2)c(C)n1. The van der Waals surface area contributed by atoms with Crippen molar-refractivity contribution in [3.8, 4) is 0 Å². The first kappa shape index (κ1) is 12.0. The van der Waals surface area contributed by atoms with Gasteiger partial charge in [-0.25, -0.2) is 4.98 Å². The Bertz CT molecular complexity index is 595. The number of amides is 1. The number of nitrogens with one attached hydrogen (secondary N) is 1. The fourth-order valence-electron chi connectivity index (χ4n) is 1.60. The normalized spacial score (nSPS) is 10.1. The third kappa shape index (κ3) is 2.63. The molecule has 0 radical (unpaired) electrons. The van der Waals surface area contributed by atoms with Crippen LogP contribution in [0.1, 0.15) is 21.7 Å². The molecular weight excluding hydrogens is 228 g/mol. The van der Waals surface area contributed by atoms with Crippen LogP contribution in [0, 0.1) is 13.8 Å². The summed E-state index contributed by atoms with van der Waals surface area (Å²) in [5.74, 6) is 0.0965. The predicted molar refractivity (Wildman–Crippen MR) is 70.3 cm³/mol. The molecule has 5 heteroatoms. The molecule has 0 bridgehead atoms. The van der Waals surface area contributed by atoms with Gasteiger partial charge < -0.3 is 11.1 Å². The molecule has 0 saturated carbocycles. The number of hydrogen-bond donors (Lipinski definition) is 2. The summed E-state index contributed by atoms with van der Waals surface area (Å²) in [5.41, 5.74) is 8.40. The maximum atomic E-state index is 12.0. The monoisotopic (exact) mass is 242 g/mol. The number of nitrogen functional groups attached to an aromatic ring is 1. The van der Waals surface area contributed by atoms with E-state index in [1.165, 1.54) is 12.3 Å². The number of pyridine rings is 2. The van der Waals surface area contributed by atoms with Crippen molar-refractivity contribution in [2.75, 3.05) is 11.1 Å². The maximum absolute atomic E-state index is 12.0. The molecule has 0 aliphatic rings. The average molecular weight is 242 g/mol. The van der Waals surface area contributed by atoms with Crippen LogP contribution in [0.15, 0.2) is 30.5 Å². The smallest absolute Gasteiger partial charge is 0.255 e. The zero-order valence-electron chi connectivity index (χ0n) is 10.3. The maximum Gasteiger partial charge on any atom is 0.255 e. The second-order valence-electron chi connectivity index (χ2n) is 4.01. The van der Waals surface area contributed by atoms with Crippen LogP contribution in [-0.2, 0) is 0 Å². The van der Waals surface area contributed by atoms with Crippen molar-refractivity contribution in [3.05, 3.63) is 47.4 Å². The first-order valence-corrected chi connectivity index (χ1v) is 5.53. The highest BCUT2D eigenvalue weighted by Crippen LogP contribution is 2.14. The molecule has 0 fully saturated rings. The van der Waals surface area contributed by atoms with E-state index < -0.39 is 0 Å². The molecule has 0 saturated heterocycles. The van der Waals surface area contributed by atoms with E-state index in [0.717, 1.165) is 11.4 Å². The van der Waals surface area contributed by atoms with Crippen LogP contribution in [0.2, 0.25) is 0 Å². The number of carbonyl (C=O) groups is 1. The molecule has 0 spiro atoms. The van der Waals surface area contributed by atoms with Gasteiger partial charge in [0.15, 0.2) is 0 Å². The fourth-order valence-corrected chi connectivity index (χ4v) is 1.60. The van der Waals surface area contributed by atoms with Gasteiger partial charge in [0.2, 0.25) is 0 Å². The molecule has 3 N–H and O–H groups in total. The molecule has 2 aromatic rings. The summed E-state index contributed by atoms with van der Waals surface area (Å²) in [6.07, 6.45) is 1.50. The van der Waals surface area contributed by atoms with Crippen LogP contribution in [0.5, 0.6) is 0 Å². The number of nitrogens with two attached hydrogens (primary N) is 1. The third-order valence-corrected chi connectivity index (χ3v) is 2.52. The van der Waals surface area contributed by atoms with Crippen LogP contribution in [0.3, 0.4) is 0 Å². The largest absolute Gasteiger partial charge is 0.384 e. The predicted octanol–water partition coefficient (Wildman–Crippen LogP) is 1.93.